The normalized spacial score (nSPS) is 24.3. The van der Waals surface area contributed by atoms with Crippen LogP contribution in [0.25, 0.3) is 0 Å². The second-order valence-electron chi connectivity index (χ2n) is 8.33. The maximum atomic E-state index is 12.8. The molecule has 3 rings (SSSR count). The highest BCUT2D eigenvalue weighted by Crippen LogP contribution is 2.68. The van der Waals surface area contributed by atoms with Crippen LogP contribution in [0.4, 0.5) is 0 Å². The van der Waals surface area contributed by atoms with Crippen molar-refractivity contribution in [3.05, 3.63) is 35.9 Å². The first-order valence-electron chi connectivity index (χ1n) is 8.67. The minimum Gasteiger partial charge on any atom is -0.342 e. The Bertz CT molecular complexity index is 524. The van der Waals surface area contributed by atoms with Crippen LogP contribution in [0.15, 0.2) is 30.3 Å². The molecule has 0 spiro atoms. The summed E-state index contributed by atoms with van der Waals surface area (Å²) in [7, 11) is 0. The van der Waals surface area contributed by atoms with E-state index < -0.39 is 0 Å². The molecular weight excluding hydrogens is 270 g/mol. The summed E-state index contributed by atoms with van der Waals surface area (Å²) in [5, 5.41) is 0. The number of hydrogen-bond donors (Lipinski definition) is 0. The van der Waals surface area contributed by atoms with Crippen LogP contribution in [0, 0.1) is 22.7 Å². The molecule has 0 atom stereocenters. The number of benzene rings is 1. The molecule has 0 N–H and O–H groups in total. The van der Waals surface area contributed by atoms with Crippen molar-refractivity contribution < 1.29 is 4.79 Å². The Balaban J connectivity index is 1.53. The lowest BCUT2D eigenvalue weighted by Crippen LogP contribution is -2.40. The van der Waals surface area contributed by atoms with Crippen molar-refractivity contribution in [1.29, 1.82) is 0 Å². The lowest BCUT2D eigenvalue weighted by Gasteiger charge is -2.32. The molecule has 0 unspecified atom stereocenters. The van der Waals surface area contributed by atoms with Gasteiger partial charge in [0.1, 0.15) is 0 Å². The zero-order valence-electron chi connectivity index (χ0n) is 14.4. The number of piperidine rings is 1. The number of hydrogen-bond acceptors (Lipinski definition) is 1. The average Bonchev–Trinajstić information content (AvgIpc) is 2.90. The van der Waals surface area contributed by atoms with E-state index in [1.807, 2.05) is 0 Å². The molecule has 120 valence electrons. The fourth-order valence-electron chi connectivity index (χ4n) is 4.30. The number of carbonyl (C=O) groups is 1. The van der Waals surface area contributed by atoms with Gasteiger partial charge in [0.2, 0.25) is 5.91 Å². The van der Waals surface area contributed by atoms with Crippen molar-refractivity contribution in [1.82, 2.24) is 4.90 Å². The Morgan fingerprint density at radius 3 is 2.09 bits per heavy atom. The van der Waals surface area contributed by atoms with Crippen LogP contribution in [0.3, 0.4) is 0 Å². The zero-order chi connectivity index (χ0) is 16.0. The van der Waals surface area contributed by atoms with Gasteiger partial charge in [-0.1, -0.05) is 58.0 Å². The standard InChI is InChI=1S/C20H29NO/c1-19(2)17(20(19,3)4)18(22)21-12-10-16(11-13-21)14-15-8-6-5-7-9-15/h5-9,16-17H,10-14H2,1-4H3. The fourth-order valence-corrected chi connectivity index (χ4v) is 4.30. The van der Waals surface area contributed by atoms with E-state index in [9.17, 15) is 4.79 Å². The first-order valence-corrected chi connectivity index (χ1v) is 8.67. The van der Waals surface area contributed by atoms with Gasteiger partial charge in [-0.3, -0.25) is 4.79 Å². The molecular formula is C20H29NO. The molecule has 1 amide bonds. The van der Waals surface area contributed by atoms with Crippen molar-refractivity contribution in [3.8, 4) is 0 Å². The van der Waals surface area contributed by atoms with E-state index in [4.69, 9.17) is 0 Å². The van der Waals surface area contributed by atoms with Crippen LogP contribution in [0.2, 0.25) is 0 Å². The van der Waals surface area contributed by atoms with E-state index in [1.54, 1.807) is 0 Å². The Kier molecular flexibility index (Phi) is 3.82. The number of amides is 1. The van der Waals surface area contributed by atoms with Crippen LogP contribution in [0.1, 0.15) is 46.1 Å². The molecule has 1 aromatic rings. The molecule has 1 saturated heterocycles. The van der Waals surface area contributed by atoms with Crippen molar-refractivity contribution in [3.63, 3.8) is 0 Å². The molecule has 0 bridgehead atoms. The molecule has 2 aliphatic rings. The van der Waals surface area contributed by atoms with Gasteiger partial charge < -0.3 is 4.90 Å². The second-order valence-corrected chi connectivity index (χ2v) is 8.33. The number of likely N-dealkylation sites (tertiary alicyclic amines) is 1. The predicted octanol–water partition coefficient (Wildman–Crippen LogP) is 4.15. The maximum absolute atomic E-state index is 12.8. The molecule has 1 aliphatic carbocycles. The Morgan fingerprint density at radius 2 is 1.59 bits per heavy atom. The van der Waals surface area contributed by atoms with Crippen LogP contribution in [-0.2, 0) is 11.2 Å². The average molecular weight is 299 g/mol. The molecule has 1 heterocycles. The van der Waals surface area contributed by atoms with E-state index >= 15 is 0 Å². The summed E-state index contributed by atoms with van der Waals surface area (Å²) < 4.78 is 0. The Hall–Kier alpha value is -1.31. The summed E-state index contributed by atoms with van der Waals surface area (Å²) >= 11 is 0. The predicted molar refractivity (Wildman–Crippen MR) is 90.5 cm³/mol. The highest BCUT2D eigenvalue weighted by molar-refractivity contribution is 5.84. The van der Waals surface area contributed by atoms with E-state index in [2.05, 4.69) is 62.9 Å². The van der Waals surface area contributed by atoms with Gasteiger partial charge >= 0.3 is 0 Å². The lowest BCUT2D eigenvalue weighted by molar-refractivity contribution is -0.135. The molecule has 0 aromatic heterocycles. The van der Waals surface area contributed by atoms with Crippen molar-refractivity contribution >= 4 is 5.91 Å². The van der Waals surface area contributed by atoms with Gasteiger partial charge in [0.05, 0.1) is 0 Å². The van der Waals surface area contributed by atoms with Gasteiger partial charge in [-0.25, -0.2) is 0 Å². The van der Waals surface area contributed by atoms with Gasteiger partial charge in [0.15, 0.2) is 0 Å². The first kappa shape index (κ1) is 15.6. The molecule has 1 saturated carbocycles. The molecule has 2 heteroatoms. The van der Waals surface area contributed by atoms with Crippen molar-refractivity contribution in [2.75, 3.05) is 13.1 Å². The third-order valence-corrected chi connectivity index (χ3v) is 6.56. The topological polar surface area (TPSA) is 20.3 Å². The molecule has 22 heavy (non-hydrogen) atoms. The quantitative estimate of drug-likeness (QED) is 0.821. The van der Waals surface area contributed by atoms with E-state index in [0.29, 0.717) is 5.91 Å². The van der Waals surface area contributed by atoms with E-state index in [0.717, 1.165) is 38.3 Å². The number of rotatable bonds is 3. The maximum Gasteiger partial charge on any atom is 0.226 e. The van der Waals surface area contributed by atoms with E-state index in [1.165, 1.54) is 5.56 Å². The second kappa shape index (κ2) is 5.40. The van der Waals surface area contributed by atoms with Gasteiger partial charge in [-0.2, -0.15) is 0 Å². The SMILES string of the molecule is CC1(C)C(C(=O)N2CCC(Cc3ccccc3)CC2)C1(C)C. The van der Waals surface area contributed by atoms with Gasteiger partial charge in [0.25, 0.3) is 0 Å². The number of nitrogens with zero attached hydrogens (tertiary/aromatic N) is 1. The third kappa shape index (κ3) is 2.57. The fraction of sp³-hybridized carbons (Fsp3) is 0.650. The van der Waals surface area contributed by atoms with E-state index in [-0.39, 0.29) is 16.7 Å². The molecule has 0 radical (unpaired) electrons. The Morgan fingerprint density at radius 1 is 1.05 bits per heavy atom. The summed E-state index contributed by atoms with van der Waals surface area (Å²) in [6, 6.07) is 10.7. The smallest absolute Gasteiger partial charge is 0.226 e. The minimum atomic E-state index is 0.158. The van der Waals surface area contributed by atoms with Crippen LogP contribution >= 0.6 is 0 Å². The first-order chi connectivity index (χ1) is 10.3. The summed E-state index contributed by atoms with van der Waals surface area (Å²) in [6.07, 6.45) is 3.45. The summed E-state index contributed by atoms with van der Waals surface area (Å²) in [4.78, 5) is 14.9. The largest absolute Gasteiger partial charge is 0.342 e. The highest BCUT2D eigenvalue weighted by atomic mass is 16.2. The summed E-state index contributed by atoms with van der Waals surface area (Å²) in [5.74, 6) is 1.34. The summed E-state index contributed by atoms with van der Waals surface area (Å²) in [5.41, 5.74) is 1.74. The zero-order valence-corrected chi connectivity index (χ0v) is 14.4. The monoisotopic (exact) mass is 299 g/mol. The lowest BCUT2D eigenvalue weighted by atomic mass is 9.90. The molecule has 2 fully saturated rings. The van der Waals surface area contributed by atoms with Crippen LogP contribution in [0.5, 0.6) is 0 Å². The van der Waals surface area contributed by atoms with Crippen LogP contribution in [-0.4, -0.2) is 23.9 Å². The van der Waals surface area contributed by atoms with Crippen molar-refractivity contribution in [2.24, 2.45) is 22.7 Å². The molecule has 2 nitrogen and oxygen atoms in total. The summed E-state index contributed by atoms with van der Waals surface area (Å²) in [6.45, 7) is 10.8. The number of carbonyl (C=O) groups excluding carboxylic acids is 1. The van der Waals surface area contributed by atoms with Crippen LogP contribution < -0.4 is 0 Å². The Labute approximate surface area is 134 Å². The van der Waals surface area contributed by atoms with Gasteiger partial charge in [0, 0.05) is 19.0 Å². The highest BCUT2D eigenvalue weighted by Gasteiger charge is 2.68. The van der Waals surface area contributed by atoms with Gasteiger partial charge in [-0.15, -0.1) is 0 Å². The van der Waals surface area contributed by atoms with Crippen molar-refractivity contribution in [2.45, 2.75) is 47.0 Å². The molecule has 1 aromatic carbocycles. The third-order valence-electron chi connectivity index (χ3n) is 6.56. The molecule has 1 aliphatic heterocycles. The van der Waals surface area contributed by atoms with Gasteiger partial charge in [-0.05, 0) is 41.6 Å². The minimum absolute atomic E-state index is 0.158.